The van der Waals surface area contributed by atoms with E-state index in [1.165, 1.54) is 0 Å². The molecule has 7 heteroatoms. The van der Waals surface area contributed by atoms with Gasteiger partial charge in [-0.25, -0.2) is 4.68 Å². The van der Waals surface area contributed by atoms with Crippen LogP contribution >= 0.6 is 0 Å². The van der Waals surface area contributed by atoms with Crippen LogP contribution in [0.5, 0.6) is 11.5 Å². The third-order valence-electron chi connectivity index (χ3n) is 9.44. The fourth-order valence-electron chi connectivity index (χ4n) is 7.14. The summed E-state index contributed by atoms with van der Waals surface area (Å²) in [5.41, 5.74) is 12.3. The Balaban J connectivity index is 0.983. The van der Waals surface area contributed by atoms with E-state index in [1.807, 2.05) is 47.3 Å². The number of hydrogen-bond donors (Lipinski definition) is 0. The maximum absolute atomic E-state index is 6.20. The highest BCUT2D eigenvalue weighted by molar-refractivity contribution is 6.01. The van der Waals surface area contributed by atoms with E-state index in [9.17, 15) is 0 Å². The van der Waals surface area contributed by atoms with Crippen LogP contribution in [0.1, 0.15) is 0 Å². The zero-order valence-electron chi connectivity index (χ0n) is 27.4. The van der Waals surface area contributed by atoms with E-state index in [1.54, 1.807) is 0 Å². The lowest BCUT2D eigenvalue weighted by Gasteiger charge is -2.40. The van der Waals surface area contributed by atoms with Crippen molar-refractivity contribution in [1.82, 2.24) is 15.0 Å². The number of anilines is 9. The van der Waals surface area contributed by atoms with Gasteiger partial charge in [0, 0.05) is 22.6 Å². The van der Waals surface area contributed by atoms with Gasteiger partial charge in [0.25, 0.3) is 0 Å². The number of hydrogen-bond acceptors (Lipinski definition) is 6. The molecule has 0 aliphatic carbocycles. The van der Waals surface area contributed by atoms with Crippen LogP contribution in [0.3, 0.4) is 0 Å². The lowest BCUT2D eigenvalue weighted by molar-refractivity contribution is 0.477. The first-order chi connectivity index (χ1) is 25.3. The normalized spacial score (nSPS) is 12.7. The van der Waals surface area contributed by atoms with E-state index in [0.29, 0.717) is 0 Å². The first kappa shape index (κ1) is 28.9. The van der Waals surface area contributed by atoms with Crippen molar-refractivity contribution in [3.63, 3.8) is 0 Å². The van der Waals surface area contributed by atoms with E-state index in [0.717, 1.165) is 79.6 Å². The lowest BCUT2D eigenvalue weighted by atomic mass is 10.0. The molecule has 51 heavy (non-hydrogen) atoms. The highest BCUT2D eigenvalue weighted by Crippen LogP contribution is 2.54. The lowest BCUT2D eigenvalue weighted by Crippen LogP contribution is -2.23. The summed E-state index contributed by atoms with van der Waals surface area (Å²) in [7, 11) is 0. The van der Waals surface area contributed by atoms with Gasteiger partial charge in [0.2, 0.25) is 0 Å². The second kappa shape index (κ2) is 11.8. The number of benzene rings is 7. The van der Waals surface area contributed by atoms with Crippen LogP contribution in [0.25, 0.3) is 16.9 Å². The first-order valence-corrected chi connectivity index (χ1v) is 16.9. The van der Waals surface area contributed by atoms with Crippen molar-refractivity contribution in [3.8, 4) is 28.4 Å². The Morgan fingerprint density at radius 1 is 0.373 bits per heavy atom. The summed E-state index contributed by atoms with van der Waals surface area (Å²) < 4.78 is 8.05. The summed E-state index contributed by atoms with van der Waals surface area (Å²) in [5.74, 6) is 1.66. The average Bonchev–Trinajstić information content (AvgIpc) is 3.70. The van der Waals surface area contributed by atoms with Crippen molar-refractivity contribution < 1.29 is 4.74 Å². The number of para-hydroxylation sites is 9. The quantitative estimate of drug-likeness (QED) is 0.183. The third-order valence-corrected chi connectivity index (χ3v) is 9.44. The van der Waals surface area contributed by atoms with Crippen LogP contribution in [0, 0.1) is 0 Å². The van der Waals surface area contributed by atoms with Crippen molar-refractivity contribution in [2.75, 3.05) is 14.7 Å². The minimum Gasteiger partial charge on any atom is -0.453 e. The molecule has 7 nitrogen and oxygen atoms in total. The predicted molar refractivity (Wildman–Crippen MR) is 204 cm³/mol. The molecule has 0 radical (unpaired) electrons. The minimum absolute atomic E-state index is 0.793. The van der Waals surface area contributed by atoms with Crippen molar-refractivity contribution in [2.45, 2.75) is 0 Å². The highest BCUT2D eigenvalue weighted by atomic mass is 16.5. The fourth-order valence-corrected chi connectivity index (χ4v) is 7.14. The molecule has 1 aromatic heterocycles. The standard InChI is InChI=1S/C44H30N6O/c1-2-13-32(14-3-1)48-37-17-4-6-19-39(37)50(40-20-7-5-18-38(40)48)35-16-12-15-34(29-35)47-30-36(45-46-47)31-25-27-33(28-26-31)49-41-21-8-10-23-43(41)51-44-24-11-9-22-42(44)49/h1-30H. The average molecular weight is 659 g/mol. The molecule has 0 saturated heterocycles. The van der Waals surface area contributed by atoms with Gasteiger partial charge in [0.1, 0.15) is 5.69 Å². The summed E-state index contributed by atoms with van der Waals surface area (Å²) in [5, 5.41) is 9.17. The van der Waals surface area contributed by atoms with Gasteiger partial charge in [0.15, 0.2) is 11.5 Å². The fraction of sp³-hybridized carbons (Fsp3) is 0. The van der Waals surface area contributed by atoms with Gasteiger partial charge < -0.3 is 19.4 Å². The van der Waals surface area contributed by atoms with Crippen molar-refractivity contribution in [2.24, 2.45) is 0 Å². The van der Waals surface area contributed by atoms with Crippen LogP contribution in [0.15, 0.2) is 182 Å². The maximum atomic E-state index is 6.20. The Bertz CT molecular complexity index is 2450. The SMILES string of the molecule is c1ccc(N2c3ccccc3N(c3cccc(-n4cc(-c5ccc(N6c7ccccc7Oc7ccccc76)cc5)nn4)c3)c3ccccc32)cc1. The van der Waals surface area contributed by atoms with Crippen LogP contribution in [0.2, 0.25) is 0 Å². The van der Waals surface area contributed by atoms with Crippen molar-refractivity contribution in [1.29, 1.82) is 0 Å². The molecule has 0 fully saturated rings. The molecule has 0 N–H and O–H groups in total. The molecule has 2 aliphatic heterocycles. The molecule has 3 heterocycles. The highest BCUT2D eigenvalue weighted by Gasteiger charge is 2.30. The molecule has 0 unspecified atom stereocenters. The van der Waals surface area contributed by atoms with E-state index in [4.69, 9.17) is 4.74 Å². The summed E-state index contributed by atoms with van der Waals surface area (Å²) in [6, 6.07) is 60.8. The largest absolute Gasteiger partial charge is 0.453 e. The zero-order valence-corrected chi connectivity index (χ0v) is 27.4. The minimum atomic E-state index is 0.793. The third kappa shape index (κ3) is 4.82. The van der Waals surface area contributed by atoms with Crippen LogP contribution in [-0.4, -0.2) is 15.0 Å². The van der Waals surface area contributed by atoms with Crippen molar-refractivity contribution in [3.05, 3.63) is 182 Å². The van der Waals surface area contributed by atoms with Gasteiger partial charge in [-0.05, 0) is 91.0 Å². The molecule has 0 bridgehead atoms. The van der Waals surface area contributed by atoms with Gasteiger partial charge in [0.05, 0.1) is 46.0 Å². The monoisotopic (exact) mass is 658 g/mol. The maximum Gasteiger partial charge on any atom is 0.151 e. The molecule has 0 atom stereocenters. The van der Waals surface area contributed by atoms with Gasteiger partial charge >= 0.3 is 0 Å². The zero-order chi connectivity index (χ0) is 33.7. The van der Waals surface area contributed by atoms with Crippen LogP contribution in [-0.2, 0) is 0 Å². The predicted octanol–water partition coefficient (Wildman–Crippen LogP) is 11.8. The summed E-state index contributed by atoms with van der Waals surface area (Å²) in [6.45, 7) is 0. The molecule has 8 aromatic rings. The Hall–Kier alpha value is -7.12. The molecule has 7 aromatic carbocycles. The second-order valence-electron chi connectivity index (χ2n) is 12.5. The molecule has 0 amide bonds. The number of nitrogens with zero attached hydrogens (tertiary/aromatic N) is 6. The molecule has 0 spiro atoms. The molecular formula is C44H30N6O. The molecular weight excluding hydrogens is 629 g/mol. The molecule has 0 saturated carbocycles. The molecule has 10 rings (SSSR count). The van der Waals surface area contributed by atoms with E-state index >= 15 is 0 Å². The Morgan fingerprint density at radius 3 is 1.43 bits per heavy atom. The summed E-state index contributed by atoms with van der Waals surface area (Å²) in [4.78, 5) is 6.89. The summed E-state index contributed by atoms with van der Waals surface area (Å²) >= 11 is 0. The topological polar surface area (TPSA) is 49.7 Å². The molecule has 242 valence electrons. The number of rotatable bonds is 5. The van der Waals surface area contributed by atoms with Gasteiger partial charge in [-0.2, -0.15) is 0 Å². The van der Waals surface area contributed by atoms with E-state index < -0.39 is 0 Å². The van der Waals surface area contributed by atoms with Gasteiger partial charge in [-0.1, -0.05) is 90.1 Å². The van der Waals surface area contributed by atoms with Gasteiger partial charge in [-0.15, -0.1) is 5.10 Å². The number of fused-ring (bicyclic) bond motifs is 4. The Labute approximate surface area is 295 Å². The van der Waals surface area contributed by atoms with Crippen LogP contribution < -0.4 is 19.4 Å². The molecule has 2 aliphatic rings. The second-order valence-corrected chi connectivity index (χ2v) is 12.5. The number of ether oxygens (including phenoxy) is 1. The van der Waals surface area contributed by atoms with Gasteiger partial charge in [-0.3, -0.25) is 0 Å². The van der Waals surface area contributed by atoms with Crippen molar-refractivity contribution >= 4 is 51.2 Å². The number of aromatic nitrogens is 3. The smallest absolute Gasteiger partial charge is 0.151 e. The van der Waals surface area contributed by atoms with Crippen LogP contribution in [0.4, 0.5) is 51.2 Å². The van der Waals surface area contributed by atoms with E-state index in [2.05, 4.69) is 165 Å². The Kier molecular flexibility index (Phi) is 6.67. The Morgan fingerprint density at radius 2 is 0.824 bits per heavy atom. The van der Waals surface area contributed by atoms with E-state index in [-0.39, 0.29) is 0 Å². The first-order valence-electron chi connectivity index (χ1n) is 16.9. The summed E-state index contributed by atoms with van der Waals surface area (Å²) in [6.07, 6.45) is 1.99.